The third-order valence-electron chi connectivity index (χ3n) is 4.23. The van der Waals surface area contributed by atoms with E-state index in [9.17, 15) is 14.3 Å². The number of halogens is 1. The van der Waals surface area contributed by atoms with E-state index in [1.165, 1.54) is 12.1 Å². The van der Waals surface area contributed by atoms with E-state index >= 15 is 0 Å². The molecule has 1 unspecified atom stereocenters. The topological polar surface area (TPSA) is 62.2 Å². The van der Waals surface area contributed by atoms with Crippen LogP contribution in [0.3, 0.4) is 0 Å². The van der Waals surface area contributed by atoms with Crippen LogP contribution in [0.4, 0.5) is 10.1 Å². The van der Waals surface area contributed by atoms with Crippen LogP contribution in [0.15, 0.2) is 24.3 Å². The number of aliphatic hydroxyl groups excluding tert-OH is 1. The summed E-state index contributed by atoms with van der Waals surface area (Å²) in [6.07, 6.45) is 0. The Balaban J connectivity index is 1.80. The van der Waals surface area contributed by atoms with Crippen molar-refractivity contribution in [1.82, 2.24) is 4.90 Å². The monoisotopic (exact) mass is 324 g/mol. The van der Waals surface area contributed by atoms with Crippen LogP contribution in [0.25, 0.3) is 0 Å². The molecule has 2 heterocycles. The van der Waals surface area contributed by atoms with E-state index in [4.69, 9.17) is 9.47 Å². The van der Waals surface area contributed by atoms with Crippen LogP contribution in [-0.4, -0.2) is 74.1 Å². The van der Waals surface area contributed by atoms with Crippen molar-refractivity contribution < 1.29 is 23.8 Å². The normalized spacial score (nSPS) is 26.5. The minimum absolute atomic E-state index is 0.0340. The summed E-state index contributed by atoms with van der Waals surface area (Å²) in [5.74, 6) is -0.490. The minimum Gasteiger partial charge on any atom is -0.395 e. The molecule has 1 atom stereocenters. The fourth-order valence-electron chi connectivity index (χ4n) is 3.07. The zero-order chi connectivity index (χ0) is 16.3. The van der Waals surface area contributed by atoms with Crippen molar-refractivity contribution in [3.8, 4) is 0 Å². The molecular formula is C16H21FN2O4. The van der Waals surface area contributed by atoms with E-state index in [1.807, 2.05) is 0 Å². The molecule has 0 radical (unpaired) electrons. The highest BCUT2D eigenvalue weighted by Crippen LogP contribution is 2.27. The highest BCUT2D eigenvalue weighted by molar-refractivity contribution is 5.95. The molecule has 7 heteroatoms. The maximum Gasteiger partial charge on any atom is 0.253 e. The van der Waals surface area contributed by atoms with Crippen LogP contribution in [0.2, 0.25) is 0 Å². The fourth-order valence-corrected chi connectivity index (χ4v) is 3.07. The summed E-state index contributed by atoms with van der Waals surface area (Å²) in [6.45, 7) is 3.17. The molecule has 3 rings (SSSR count). The standard InChI is InChI=1S/C16H21FN2O4/c17-13-1-3-14(4-2-13)19-11-16(23-9-15(19)21)10-18(5-7-20)6-8-22-12-16/h1-4,20H,5-12H2. The fraction of sp³-hybridized carbons (Fsp3) is 0.562. The van der Waals surface area contributed by atoms with E-state index in [2.05, 4.69) is 4.90 Å². The van der Waals surface area contributed by atoms with Gasteiger partial charge in [-0.2, -0.15) is 0 Å². The number of benzene rings is 1. The second kappa shape index (κ2) is 6.92. The lowest BCUT2D eigenvalue weighted by Crippen LogP contribution is -2.61. The lowest BCUT2D eigenvalue weighted by molar-refractivity contribution is -0.146. The van der Waals surface area contributed by atoms with Crippen LogP contribution in [0.5, 0.6) is 0 Å². The Hall–Kier alpha value is -1.54. The largest absolute Gasteiger partial charge is 0.395 e. The molecule has 0 bridgehead atoms. The first-order chi connectivity index (χ1) is 11.1. The third-order valence-corrected chi connectivity index (χ3v) is 4.23. The number of amides is 1. The molecule has 2 saturated heterocycles. The van der Waals surface area contributed by atoms with Crippen LogP contribution in [0.1, 0.15) is 0 Å². The average molecular weight is 324 g/mol. The highest BCUT2D eigenvalue weighted by Gasteiger charge is 2.43. The van der Waals surface area contributed by atoms with Gasteiger partial charge in [0.05, 0.1) is 26.4 Å². The van der Waals surface area contributed by atoms with E-state index < -0.39 is 5.60 Å². The van der Waals surface area contributed by atoms with Gasteiger partial charge in [-0.1, -0.05) is 0 Å². The van der Waals surface area contributed by atoms with Crippen molar-refractivity contribution in [3.63, 3.8) is 0 Å². The van der Waals surface area contributed by atoms with Crippen molar-refractivity contribution in [2.75, 3.05) is 57.5 Å². The summed E-state index contributed by atoms with van der Waals surface area (Å²) in [5, 5.41) is 9.17. The summed E-state index contributed by atoms with van der Waals surface area (Å²) in [4.78, 5) is 15.9. The molecule has 0 aromatic heterocycles. The average Bonchev–Trinajstić information content (AvgIpc) is 2.74. The van der Waals surface area contributed by atoms with Gasteiger partial charge in [-0.15, -0.1) is 0 Å². The van der Waals surface area contributed by atoms with Crippen molar-refractivity contribution >= 4 is 11.6 Å². The Morgan fingerprint density at radius 1 is 1.26 bits per heavy atom. The second-order valence-corrected chi connectivity index (χ2v) is 5.98. The van der Waals surface area contributed by atoms with E-state index in [0.29, 0.717) is 38.5 Å². The Bertz CT molecular complexity index is 554. The zero-order valence-corrected chi connectivity index (χ0v) is 12.9. The van der Waals surface area contributed by atoms with Crippen LogP contribution >= 0.6 is 0 Å². The highest BCUT2D eigenvalue weighted by atomic mass is 19.1. The Kier molecular flexibility index (Phi) is 4.91. The van der Waals surface area contributed by atoms with Gasteiger partial charge in [-0.05, 0) is 24.3 Å². The van der Waals surface area contributed by atoms with Gasteiger partial charge in [0.15, 0.2) is 0 Å². The lowest BCUT2D eigenvalue weighted by atomic mass is 10.0. The van der Waals surface area contributed by atoms with Crippen LogP contribution < -0.4 is 4.90 Å². The van der Waals surface area contributed by atoms with Crippen molar-refractivity contribution in [2.24, 2.45) is 0 Å². The first kappa shape index (κ1) is 16.3. The molecule has 0 aliphatic carbocycles. The Morgan fingerprint density at radius 2 is 2.04 bits per heavy atom. The molecule has 1 aromatic carbocycles. The minimum atomic E-state index is -0.631. The quantitative estimate of drug-likeness (QED) is 0.864. The van der Waals surface area contributed by atoms with E-state index in [-0.39, 0.29) is 24.9 Å². The van der Waals surface area contributed by atoms with Gasteiger partial charge in [-0.3, -0.25) is 9.69 Å². The SMILES string of the molecule is O=C1COC2(COCCN(CCO)C2)CN1c1ccc(F)cc1. The van der Waals surface area contributed by atoms with Crippen molar-refractivity contribution in [2.45, 2.75) is 5.60 Å². The number of aliphatic hydroxyl groups is 1. The molecule has 1 N–H and O–H groups in total. The Labute approximate surface area is 134 Å². The smallest absolute Gasteiger partial charge is 0.253 e. The summed E-state index contributed by atoms with van der Waals surface area (Å²) in [7, 11) is 0. The van der Waals surface area contributed by atoms with Crippen molar-refractivity contribution in [3.05, 3.63) is 30.1 Å². The maximum absolute atomic E-state index is 13.1. The number of anilines is 1. The van der Waals surface area contributed by atoms with Gasteiger partial charge < -0.3 is 19.5 Å². The number of hydrogen-bond donors (Lipinski definition) is 1. The molecule has 126 valence electrons. The van der Waals surface area contributed by atoms with E-state index in [0.717, 1.165) is 6.54 Å². The summed E-state index contributed by atoms with van der Waals surface area (Å²) in [5.41, 5.74) is 0.0190. The molecule has 2 fully saturated rings. The van der Waals surface area contributed by atoms with Gasteiger partial charge >= 0.3 is 0 Å². The summed E-state index contributed by atoms with van der Waals surface area (Å²) in [6, 6.07) is 5.86. The van der Waals surface area contributed by atoms with Gasteiger partial charge in [0.25, 0.3) is 5.91 Å². The van der Waals surface area contributed by atoms with Crippen LogP contribution in [-0.2, 0) is 14.3 Å². The number of β-amino-alcohol motifs (C(OH)–C–C–N with tert-alkyl or cyclic N) is 1. The third kappa shape index (κ3) is 3.69. The predicted molar refractivity (Wildman–Crippen MR) is 81.8 cm³/mol. The molecule has 2 aliphatic heterocycles. The van der Waals surface area contributed by atoms with Gasteiger partial charge in [0.2, 0.25) is 0 Å². The number of carbonyl (C=O) groups excluding carboxylic acids is 1. The lowest BCUT2D eigenvalue weighted by Gasteiger charge is -2.43. The number of ether oxygens (including phenoxy) is 2. The van der Waals surface area contributed by atoms with E-state index in [1.54, 1.807) is 17.0 Å². The number of rotatable bonds is 3. The second-order valence-electron chi connectivity index (χ2n) is 5.98. The molecular weight excluding hydrogens is 303 g/mol. The van der Waals surface area contributed by atoms with Gasteiger partial charge in [0.1, 0.15) is 18.0 Å². The molecule has 23 heavy (non-hydrogen) atoms. The molecule has 1 spiro atoms. The Morgan fingerprint density at radius 3 is 2.78 bits per heavy atom. The van der Waals surface area contributed by atoms with Crippen molar-refractivity contribution in [1.29, 1.82) is 0 Å². The van der Waals surface area contributed by atoms with Gasteiger partial charge in [0, 0.05) is 25.3 Å². The molecule has 2 aliphatic rings. The molecule has 1 aromatic rings. The zero-order valence-electron chi connectivity index (χ0n) is 12.9. The molecule has 0 saturated carbocycles. The molecule has 1 amide bonds. The number of nitrogens with zero attached hydrogens (tertiary/aromatic N) is 2. The number of morpholine rings is 1. The maximum atomic E-state index is 13.1. The predicted octanol–water partition coefficient (Wildman–Crippen LogP) is 0.252. The molecule has 6 nitrogen and oxygen atoms in total. The number of hydrogen-bond acceptors (Lipinski definition) is 5. The van der Waals surface area contributed by atoms with Crippen LogP contribution in [0, 0.1) is 5.82 Å². The van der Waals surface area contributed by atoms with Gasteiger partial charge in [-0.25, -0.2) is 4.39 Å². The summed E-state index contributed by atoms with van der Waals surface area (Å²) >= 11 is 0. The first-order valence-electron chi connectivity index (χ1n) is 7.73. The number of carbonyl (C=O) groups is 1. The summed E-state index contributed by atoms with van der Waals surface area (Å²) < 4.78 is 24.6. The first-order valence-corrected chi connectivity index (χ1v) is 7.73.